The zero-order valence-corrected chi connectivity index (χ0v) is 20.2. The van der Waals surface area contributed by atoms with E-state index in [0.717, 1.165) is 25.3 Å². The topological polar surface area (TPSA) is 84.3 Å². The highest BCUT2D eigenvalue weighted by atomic mass is 35.5. The van der Waals surface area contributed by atoms with Gasteiger partial charge in [0.25, 0.3) is 0 Å². The van der Waals surface area contributed by atoms with Gasteiger partial charge in [0.1, 0.15) is 0 Å². The van der Waals surface area contributed by atoms with Gasteiger partial charge in [0, 0.05) is 51.3 Å². The molecule has 1 spiro atoms. The van der Waals surface area contributed by atoms with Crippen LogP contribution in [0.1, 0.15) is 44.1 Å². The molecular weight excluding hydrogens is 487 g/mol. The van der Waals surface area contributed by atoms with Crippen molar-refractivity contribution in [3.05, 3.63) is 28.8 Å². The number of carbonyl (C=O) groups is 2. The molecule has 1 aromatic rings. The van der Waals surface area contributed by atoms with E-state index in [2.05, 4.69) is 0 Å². The van der Waals surface area contributed by atoms with E-state index in [1.165, 1.54) is 12.1 Å². The van der Waals surface area contributed by atoms with Crippen LogP contribution in [0.5, 0.6) is 0 Å². The molecule has 2 saturated heterocycles. The van der Waals surface area contributed by atoms with Crippen molar-refractivity contribution < 1.29 is 33.0 Å². The summed E-state index contributed by atoms with van der Waals surface area (Å²) in [6.07, 6.45) is -1.63. The minimum atomic E-state index is -4.54. The molecule has 2 atom stereocenters. The Morgan fingerprint density at radius 1 is 1.17 bits per heavy atom. The van der Waals surface area contributed by atoms with E-state index in [4.69, 9.17) is 11.6 Å². The Hall–Kier alpha value is -2.04. The molecule has 1 aromatic carbocycles. The smallest absolute Gasteiger partial charge is 0.394 e. The molecule has 1 aliphatic carbocycles. The number of amides is 2. The third-order valence-electron chi connectivity index (χ3n) is 7.72. The number of piperidine rings is 1. The molecule has 2 amide bonds. The molecule has 35 heavy (non-hydrogen) atoms. The van der Waals surface area contributed by atoms with E-state index in [9.17, 15) is 33.0 Å². The number of likely N-dealkylation sites (tertiary alicyclic amines) is 1. The van der Waals surface area contributed by atoms with Gasteiger partial charge in [0.15, 0.2) is 0 Å². The predicted molar refractivity (Wildman–Crippen MR) is 124 cm³/mol. The molecule has 4 rings (SSSR count). The molecule has 11 heteroatoms. The molecule has 7 nitrogen and oxygen atoms in total. The zero-order valence-electron chi connectivity index (χ0n) is 19.4. The van der Waals surface area contributed by atoms with Crippen molar-refractivity contribution in [2.45, 2.75) is 56.8 Å². The molecule has 0 aromatic heterocycles. The average Bonchev–Trinajstić information content (AvgIpc) is 3.61. The number of hydrogen-bond acceptors (Lipinski definition) is 5. The van der Waals surface area contributed by atoms with Gasteiger partial charge in [-0.25, -0.2) is 0 Å². The lowest BCUT2D eigenvalue weighted by Gasteiger charge is -2.37. The largest absolute Gasteiger partial charge is 0.417 e. The minimum absolute atomic E-state index is 0.00600. The number of nitrogens with zero attached hydrogens (tertiary/aromatic N) is 3. The van der Waals surface area contributed by atoms with Crippen LogP contribution in [0.2, 0.25) is 5.02 Å². The summed E-state index contributed by atoms with van der Waals surface area (Å²) in [5.74, 6) is -0.276. The van der Waals surface area contributed by atoms with E-state index in [1.807, 2.05) is 0 Å². The molecular formula is C24H31ClF3N3O4. The Kier molecular flexibility index (Phi) is 7.54. The fraction of sp³-hybridized carbons (Fsp3) is 0.667. The third-order valence-corrected chi connectivity index (χ3v) is 8.03. The van der Waals surface area contributed by atoms with Crippen LogP contribution in [0.3, 0.4) is 0 Å². The second-order valence-corrected chi connectivity index (χ2v) is 10.2. The molecule has 1 saturated carbocycles. The maximum Gasteiger partial charge on any atom is 0.417 e. The van der Waals surface area contributed by atoms with Crippen LogP contribution < -0.4 is 4.90 Å². The van der Waals surface area contributed by atoms with E-state index in [1.54, 1.807) is 14.7 Å². The predicted octanol–water partition coefficient (Wildman–Crippen LogP) is 2.91. The summed E-state index contributed by atoms with van der Waals surface area (Å²) >= 11 is 5.86. The number of halogens is 4. The van der Waals surface area contributed by atoms with E-state index >= 15 is 0 Å². The lowest BCUT2D eigenvalue weighted by molar-refractivity contribution is -0.138. The summed E-state index contributed by atoms with van der Waals surface area (Å²) < 4.78 is 39.0. The van der Waals surface area contributed by atoms with Crippen molar-refractivity contribution in [3.8, 4) is 0 Å². The second kappa shape index (κ2) is 10.1. The Labute approximate surface area is 207 Å². The van der Waals surface area contributed by atoms with Crippen LogP contribution in [0.15, 0.2) is 18.2 Å². The maximum atomic E-state index is 13.0. The highest BCUT2D eigenvalue weighted by Gasteiger charge is 2.51. The molecule has 0 radical (unpaired) electrons. The Balaban J connectivity index is 1.34. The fourth-order valence-corrected chi connectivity index (χ4v) is 5.48. The normalized spacial score (nSPS) is 23.4. The van der Waals surface area contributed by atoms with Crippen LogP contribution in [-0.2, 0) is 15.8 Å². The lowest BCUT2D eigenvalue weighted by atomic mass is 9.90. The van der Waals surface area contributed by atoms with Gasteiger partial charge in [-0.05, 0) is 49.3 Å². The van der Waals surface area contributed by atoms with E-state index < -0.39 is 28.9 Å². The monoisotopic (exact) mass is 517 g/mol. The van der Waals surface area contributed by atoms with Gasteiger partial charge in [-0.15, -0.1) is 0 Å². The van der Waals surface area contributed by atoms with Crippen molar-refractivity contribution in [2.24, 2.45) is 5.41 Å². The van der Waals surface area contributed by atoms with Gasteiger partial charge >= 0.3 is 6.18 Å². The Morgan fingerprint density at radius 3 is 2.51 bits per heavy atom. The van der Waals surface area contributed by atoms with Gasteiger partial charge < -0.3 is 24.9 Å². The quantitative estimate of drug-likeness (QED) is 0.606. The second-order valence-electron chi connectivity index (χ2n) is 9.83. The molecule has 1 unspecified atom stereocenters. The number of rotatable bonds is 6. The van der Waals surface area contributed by atoms with Crippen molar-refractivity contribution in [1.82, 2.24) is 9.80 Å². The fourth-order valence-electron chi connectivity index (χ4n) is 5.20. The molecule has 194 valence electrons. The van der Waals surface area contributed by atoms with Gasteiger partial charge in [0.2, 0.25) is 11.8 Å². The molecule has 2 aliphatic heterocycles. The van der Waals surface area contributed by atoms with Gasteiger partial charge in [-0.2, -0.15) is 13.2 Å². The first-order valence-corrected chi connectivity index (χ1v) is 12.4. The van der Waals surface area contributed by atoms with Gasteiger partial charge in [-0.1, -0.05) is 11.6 Å². The van der Waals surface area contributed by atoms with Crippen LogP contribution in [0, 0.1) is 5.41 Å². The number of anilines is 1. The van der Waals surface area contributed by atoms with Crippen LogP contribution in [-0.4, -0.2) is 83.3 Å². The van der Waals surface area contributed by atoms with E-state index in [-0.39, 0.29) is 43.2 Å². The SMILES string of the molecule is O=C(CC[C@@H](CO)N1CCN(c2ccc(C(F)(F)F)c(Cl)c2)CCC1=O)N1CCC2(CC2)C(O)C1. The van der Waals surface area contributed by atoms with Gasteiger partial charge in [0.05, 0.1) is 29.3 Å². The first kappa shape index (κ1) is 26.0. The highest BCUT2D eigenvalue weighted by molar-refractivity contribution is 6.31. The summed E-state index contributed by atoms with van der Waals surface area (Å²) in [4.78, 5) is 30.5. The first-order chi connectivity index (χ1) is 16.5. The summed E-state index contributed by atoms with van der Waals surface area (Å²) in [6, 6.07) is 3.00. The van der Waals surface area contributed by atoms with Gasteiger partial charge in [-0.3, -0.25) is 9.59 Å². The molecule has 0 bridgehead atoms. The van der Waals surface area contributed by atoms with Crippen molar-refractivity contribution in [1.29, 1.82) is 0 Å². The number of β-amino-alcohol motifs (C(OH)–C–C–N with tert-alkyl or cyclic N) is 1. The summed E-state index contributed by atoms with van der Waals surface area (Å²) in [7, 11) is 0. The third kappa shape index (κ3) is 5.70. The number of benzene rings is 1. The van der Waals surface area contributed by atoms with Crippen molar-refractivity contribution in [3.63, 3.8) is 0 Å². The molecule has 2 heterocycles. The van der Waals surface area contributed by atoms with Crippen LogP contribution >= 0.6 is 11.6 Å². The number of carbonyl (C=O) groups excluding carboxylic acids is 2. The Morgan fingerprint density at radius 2 is 1.91 bits per heavy atom. The minimum Gasteiger partial charge on any atom is -0.394 e. The first-order valence-electron chi connectivity index (χ1n) is 12.0. The van der Waals surface area contributed by atoms with Crippen molar-refractivity contribution >= 4 is 29.1 Å². The standard InChI is InChI=1S/C24H31ClF3N3O4/c25-19-13-16(1-3-18(19)24(26,27)28)29-9-5-22(35)31(12-11-29)17(15-32)2-4-21(34)30-10-8-23(6-7-23)20(33)14-30/h1,3,13,17,20,32-33H,2,4-12,14-15H2/t17-,20?/m0/s1. The maximum absolute atomic E-state index is 13.0. The molecule has 3 aliphatic rings. The van der Waals surface area contributed by atoms with Crippen LogP contribution in [0.4, 0.5) is 18.9 Å². The zero-order chi connectivity index (χ0) is 25.4. The molecule has 3 fully saturated rings. The summed E-state index contributed by atoms with van der Waals surface area (Å²) in [6.45, 7) is 1.58. The number of aliphatic hydroxyl groups excluding tert-OH is 2. The Bertz CT molecular complexity index is 956. The lowest BCUT2D eigenvalue weighted by Crippen LogP contribution is -2.48. The summed E-state index contributed by atoms with van der Waals surface area (Å²) in [5, 5.41) is 19.9. The van der Waals surface area contributed by atoms with E-state index in [0.29, 0.717) is 38.3 Å². The highest BCUT2D eigenvalue weighted by Crippen LogP contribution is 2.53. The number of alkyl halides is 3. The number of hydrogen-bond donors (Lipinski definition) is 2. The number of aliphatic hydroxyl groups is 2. The molecule has 2 N–H and O–H groups in total. The van der Waals surface area contributed by atoms with Crippen molar-refractivity contribution in [2.75, 3.05) is 44.2 Å². The van der Waals surface area contributed by atoms with Crippen LogP contribution in [0.25, 0.3) is 0 Å². The average molecular weight is 518 g/mol. The summed E-state index contributed by atoms with van der Waals surface area (Å²) in [5.41, 5.74) is -0.411.